The number of hydrogen-bond donors (Lipinski definition) is 2. The van der Waals surface area contributed by atoms with Crippen molar-refractivity contribution in [3.8, 4) is 0 Å². The van der Waals surface area contributed by atoms with Crippen LogP contribution in [0.4, 0.5) is 11.6 Å². The number of nitrogen functional groups attached to an aromatic ring is 1. The predicted molar refractivity (Wildman–Crippen MR) is 118 cm³/mol. The molecule has 2 aromatic rings. The second-order valence-corrected chi connectivity index (χ2v) is 5.96. The molecule has 2 aromatic heterocycles. The maximum absolute atomic E-state index is 10.7. The molecule has 5 heteroatoms. The molecule has 0 bridgehead atoms. The third-order valence-corrected chi connectivity index (χ3v) is 3.01. The lowest BCUT2D eigenvalue weighted by molar-refractivity contribution is -0.114. The summed E-state index contributed by atoms with van der Waals surface area (Å²) < 4.78 is 0. The number of carbonyl (C=O) groups excluding carboxylic acids is 1. The summed E-state index contributed by atoms with van der Waals surface area (Å²) in [4.78, 5) is 18.6. The van der Waals surface area contributed by atoms with Crippen LogP contribution in [0.3, 0.4) is 0 Å². The average molecular weight is 375 g/mol. The van der Waals surface area contributed by atoms with E-state index in [0.29, 0.717) is 17.6 Å². The summed E-state index contributed by atoms with van der Waals surface area (Å²) in [6.07, 6.45) is 5.64. The molecule has 0 fully saturated rings. The minimum Gasteiger partial charge on any atom is -0.384 e. The molecule has 0 atom stereocenters. The number of rotatable bonds is 3. The van der Waals surface area contributed by atoms with Crippen LogP contribution in [-0.2, 0) is 11.2 Å². The molecule has 0 unspecified atom stereocenters. The first-order valence-electron chi connectivity index (χ1n) is 9.77. The maximum atomic E-state index is 10.7. The molecule has 0 saturated heterocycles. The molecule has 0 aromatic carbocycles. The van der Waals surface area contributed by atoms with Gasteiger partial charge in [0.05, 0.1) is 0 Å². The van der Waals surface area contributed by atoms with E-state index >= 15 is 0 Å². The predicted octanol–water partition coefficient (Wildman–Crippen LogP) is 5.83. The number of aryl methyl sites for hydroxylation is 1. The number of hydrogen-bond acceptors (Lipinski definition) is 4. The highest BCUT2D eigenvalue weighted by atomic mass is 16.1. The Labute approximate surface area is 165 Å². The average Bonchev–Trinajstić information content (AvgIpc) is 2.64. The fourth-order valence-corrected chi connectivity index (χ4v) is 1.77. The largest absolute Gasteiger partial charge is 0.384 e. The molecular weight excluding hydrogens is 336 g/mol. The van der Waals surface area contributed by atoms with Gasteiger partial charge in [-0.1, -0.05) is 54.9 Å². The molecule has 3 N–H and O–H groups in total. The Bertz CT molecular complexity index is 627. The second-order valence-electron chi connectivity index (χ2n) is 5.96. The molecule has 0 aliphatic rings. The number of aromatic nitrogens is 2. The van der Waals surface area contributed by atoms with Gasteiger partial charge in [-0.05, 0) is 47.7 Å². The number of pyridine rings is 2. The Hall–Kier alpha value is -2.43. The van der Waals surface area contributed by atoms with Gasteiger partial charge in [-0.25, -0.2) is 9.97 Å². The lowest BCUT2D eigenvalue weighted by Gasteiger charge is -2.03. The normalized spacial score (nSPS) is 8.93. The van der Waals surface area contributed by atoms with Gasteiger partial charge in [-0.3, -0.25) is 4.79 Å². The van der Waals surface area contributed by atoms with Crippen LogP contribution in [-0.4, -0.2) is 15.9 Å². The topological polar surface area (TPSA) is 80.9 Å². The zero-order chi connectivity index (χ0) is 21.2. The molecule has 0 aliphatic heterocycles. The van der Waals surface area contributed by atoms with Gasteiger partial charge in [0.2, 0.25) is 5.91 Å². The number of nitrogens with zero attached hydrogens (tertiary/aromatic N) is 2. The van der Waals surface area contributed by atoms with E-state index in [4.69, 9.17) is 5.73 Å². The van der Waals surface area contributed by atoms with Gasteiger partial charge >= 0.3 is 0 Å². The standard InChI is InChI=1S/C9H12N2O.C8H12N2.C3H8.C2H6/c1-3-8-4-5-10-9(6-8)11-7(2)12;1-6(2)7-3-4-10-8(9)5-7;1-3-2;1-2/h4-6H,3H2,1-2H3,(H,10,11,12);3-6H,1-2H3,(H2,9,10);3H2,1-2H3;1-2H3. The summed E-state index contributed by atoms with van der Waals surface area (Å²) >= 11 is 0. The van der Waals surface area contributed by atoms with Crippen LogP contribution in [0.5, 0.6) is 0 Å². The Morgan fingerprint density at radius 2 is 1.63 bits per heavy atom. The molecule has 152 valence electrons. The Balaban J connectivity index is 0. The van der Waals surface area contributed by atoms with Gasteiger partial charge < -0.3 is 11.1 Å². The first kappa shape index (κ1) is 26.8. The molecular formula is C22H38N4O. The highest BCUT2D eigenvalue weighted by molar-refractivity contribution is 5.87. The van der Waals surface area contributed by atoms with E-state index in [1.54, 1.807) is 12.4 Å². The van der Waals surface area contributed by atoms with Gasteiger partial charge in [0.15, 0.2) is 0 Å². The maximum Gasteiger partial charge on any atom is 0.222 e. The zero-order valence-electron chi connectivity index (χ0n) is 18.3. The van der Waals surface area contributed by atoms with E-state index in [0.717, 1.165) is 6.42 Å². The van der Waals surface area contributed by atoms with Gasteiger partial charge in [-0.2, -0.15) is 0 Å². The number of anilines is 2. The monoisotopic (exact) mass is 374 g/mol. The molecule has 1 amide bonds. The second kappa shape index (κ2) is 17.0. The lowest BCUT2D eigenvalue weighted by atomic mass is 10.1. The third kappa shape index (κ3) is 14.4. The summed E-state index contributed by atoms with van der Waals surface area (Å²) in [5, 5.41) is 2.63. The number of carbonyl (C=O) groups is 1. The van der Waals surface area contributed by atoms with E-state index in [9.17, 15) is 4.79 Å². The smallest absolute Gasteiger partial charge is 0.222 e. The summed E-state index contributed by atoms with van der Waals surface area (Å²) in [6.45, 7) is 16.1. The van der Waals surface area contributed by atoms with Gasteiger partial charge in [0.25, 0.3) is 0 Å². The van der Waals surface area contributed by atoms with Crippen LogP contribution in [0.15, 0.2) is 36.7 Å². The Morgan fingerprint density at radius 1 is 1.07 bits per heavy atom. The van der Waals surface area contributed by atoms with E-state index < -0.39 is 0 Å². The first-order valence-corrected chi connectivity index (χ1v) is 9.77. The van der Waals surface area contributed by atoms with Crippen molar-refractivity contribution in [2.24, 2.45) is 0 Å². The van der Waals surface area contributed by atoms with Crippen molar-refractivity contribution in [3.63, 3.8) is 0 Å². The molecule has 2 rings (SSSR count). The van der Waals surface area contributed by atoms with Crippen LogP contribution in [0.25, 0.3) is 0 Å². The molecule has 0 spiro atoms. The van der Waals surface area contributed by atoms with Crippen LogP contribution in [0.2, 0.25) is 0 Å². The Kier molecular flexibility index (Phi) is 16.9. The summed E-state index contributed by atoms with van der Waals surface area (Å²) in [5.74, 6) is 1.68. The molecule has 0 radical (unpaired) electrons. The van der Waals surface area contributed by atoms with Crippen molar-refractivity contribution in [1.82, 2.24) is 9.97 Å². The fraction of sp³-hybridized carbons (Fsp3) is 0.500. The third-order valence-electron chi connectivity index (χ3n) is 3.01. The lowest BCUT2D eigenvalue weighted by Crippen LogP contribution is -2.07. The Morgan fingerprint density at radius 3 is 2.04 bits per heavy atom. The van der Waals surface area contributed by atoms with E-state index in [2.05, 4.69) is 49.9 Å². The SMILES string of the molecule is CC.CC(C)c1ccnc(N)c1.CCC.CCc1ccnc(NC(C)=O)c1. The summed E-state index contributed by atoms with van der Waals surface area (Å²) in [7, 11) is 0. The van der Waals surface area contributed by atoms with Crippen molar-refractivity contribution in [3.05, 3.63) is 47.8 Å². The molecule has 0 aliphatic carbocycles. The number of amides is 1. The summed E-state index contributed by atoms with van der Waals surface area (Å²) in [5.41, 5.74) is 7.90. The van der Waals surface area contributed by atoms with Crippen molar-refractivity contribution in [1.29, 1.82) is 0 Å². The molecule has 0 saturated carbocycles. The van der Waals surface area contributed by atoms with E-state index in [1.807, 2.05) is 38.1 Å². The number of nitrogens with two attached hydrogens (primary N) is 1. The van der Waals surface area contributed by atoms with Gasteiger partial charge in [0, 0.05) is 19.3 Å². The quantitative estimate of drug-likeness (QED) is 0.708. The van der Waals surface area contributed by atoms with Crippen molar-refractivity contribution >= 4 is 17.5 Å². The van der Waals surface area contributed by atoms with E-state index in [1.165, 1.54) is 24.5 Å². The van der Waals surface area contributed by atoms with Crippen molar-refractivity contribution in [2.45, 2.75) is 74.1 Å². The van der Waals surface area contributed by atoms with Crippen LogP contribution >= 0.6 is 0 Å². The molecule has 5 nitrogen and oxygen atoms in total. The van der Waals surface area contributed by atoms with Crippen molar-refractivity contribution < 1.29 is 4.79 Å². The minimum atomic E-state index is -0.0873. The highest BCUT2D eigenvalue weighted by Crippen LogP contribution is 2.14. The van der Waals surface area contributed by atoms with Gasteiger partial charge in [-0.15, -0.1) is 0 Å². The fourth-order valence-electron chi connectivity index (χ4n) is 1.77. The van der Waals surface area contributed by atoms with Gasteiger partial charge in [0.1, 0.15) is 11.6 Å². The molecule has 27 heavy (non-hydrogen) atoms. The number of nitrogens with one attached hydrogen (secondary N) is 1. The summed E-state index contributed by atoms with van der Waals surface area (Å²) in [6, 6.07) is 7.71. The van der Waals surface area contributed by atoms with Crippen LogP contribution < -0.4 is 11.1 Å². The van der Waals surface area contributed by atoms with Crippen molar-refractivity contribution in [2.75, 3.05) is 11.1 Å². The molecule has 2 heterocycles. The first-order chi connectivity index (χ1) is 12.8. The zero-order valence-corrected chi connectivity index (χ0v) is 18.3. The van der Waals surface area contributed by atoms with Crippen LogP contribution in [0.1, 0.15) is 78.9 Å². The highest BCUT2D eigenvalue weighted by Gasteiger charge is 1.97. The van der Waals surface area contributed by atoms with Crippen LogP contribution in [0, 0.1) is 0 Å². The van der Waals surface area contributed by atoms with E-state index in [-0.39, 0.29) is 5.91 Å². The minimum absolute atomic E-state index is 0.0873.